The maximum Gasteiger partial charge on any atom is 0.264 e. The Bertz CT molecular complexity index is 524. The fourth-order valence-corrected chi connectivity index (χ4v) is 8.80. The van der Waals surface area contributed by atoms with Crippen LogP contribution in [-0.4, -0.2) is 61.9 Å². The Labute approximate surface area is 162 Å². The third kappa shape index (κ3) is 4.92. The van der Waals surface area contributed by atoms with Gasteiger partial charge in [-0.3, -0.25) is 0 Å². The average molecular weight is 428 g/mol. The molecule has 0 aromatic rings. The van der Waals surface area contributed by atoms with Crippen molar-refractivity contribution in [3.63, 3.8) is 0 Å². The molecule has 0 saturated carbocycles. The zero-order chi connectivity index (χ0) is 18.3. The van der Waals surface area contributed by atoms with Crippen molar-refractivity contribution >= 4 is 36.9 Å². The van der Waals surface area contributed by atoms with Gasteiger partial charge in [-0.15, -0.1) is 0 Å². The summed E-state index contributed by atoms with van der Waals surface area (Å²) in [7, 11) is 0. The van der Waals surface area contributed by atoms with Crippen LogP contribution >= 0.6 is 13.3 Å². The summed E-state index contributed by atoms with van der Waals surface area (Å²) in [5.74, 6) is 0. The average Bonchev–Trinajstić information content (AvgIpc) is 2.81. The maximum atomic E-state index is 6.04. The van der Waals surface area contributed by atoms with Crippen LogP contribution in [0.4, 0.5) is 0 Å². The molecule has 146 valence electrons. The highest BCUT2D eigenvalue weighted by atomic mass is 32.5. The van der Waals surface area contributed by atoms with Crippen LogP contribution < -0.4 is 0 Å². The van der Waals surface area contributed by atoms with E-state index in [-0.39, 0.29) is 10.8 Å². The van der Waals surface area contributed by atoms with Crippen LogP contribution in [0.1, 0.15) is 34.1 Å². The van der Waals surface area contributed by atoms with Crippen LogP contribution in [0.25, 0.3) is 0 Å². The van der Waals surface area contributed by atoms with Crippen LogP contribution in [0.3, 0.4) is 0 Å². The second-order valence-corrected chi connectivity index (χ2v) is 15.4. The normalized spacial score (nSPS) is 32.8. The van der Waals surface area contributed by atoms with E-state index < -0.39 is 13.3 Å². The molecule has 0 spiro atoms. The van der Waals surface area contributed by atoms with Crippen LogP contribution in [0.5, 0.6) is 0 Å². The van der Waals surface area contributed by atoms with Crippen molar-refractivity contribution in [2.24, 2.45) is 10.8 Å². The van der Waals surface area contributed by atoms with E-state index in [1.807, 2.05) is 0 Å². The highest BCUT2D eigenvalue weighted by Gasteiger charge is 2.41. The van der Waals surface area contributed by atoms with E-state index in [0.717, 1.165) is 32.6 Å². The largest absolute Gasteiger partial charge is 0.317 e. The molecule has 0 aromatic heterocycles. The van der Waals surface area contributed by atoms with Gasteiger partial charge in [0.15, 0.2) is 0 Å². The second kappa shape index (κ2) is 7.47. The molecule has 0 aliphatic carbocycles. The molecule has 3 heterocycles. The van der Waals surface area contributed by atoms with E-state index in [9.17, 15) is 0 Å². The Kier molecular flexibility index (Phi) is 6.21. The lowest BCUT2D eigenvalue weighted by molar-refractivity contribution is 0.0406. The molecule has 0 bridgehead atoms. The highest BCUT2D eigenvalue weighted by molar-refractivity contribution is 8.09. The first-order valence-electron chi connectivity index (χ1n) is 8.83. The molecule has 3 aliphatic heterocycles. The minimum atomic E-state index is -2.37. The second-order valence-electron chi connectivity index (χ2n) is 8.62. The summed E-state index contributed by atoms with van der Waals surface area (Å²) < 4.78 is 28.6. The standard InChI is InChI=1S/C15H30N2O4P2S2/c1-14(2)10-18-22(24,19-11-14)16-6-5-7-17(9-8-16)23(25)20-12-15(3,4)13-21-23/h5-13H2,1-4H3. The van der Waals surface area contributed by atoms with Crippen molar-refractivity contribution in [2.75, 3.05) is 52.6 Å². The fourth-order valence-electron chi connectivity index (χ4n) is 2.89. The maximum absolute atomic E-state index is 6.04. The van der Waals surface area contributed by atoms with E-state index in [2.05, 4.69) is 37.0 Å². The molecule has 0 atom stereocenters. The van der Waals surface area contributed by atoms with Gasteiger partial charge in [0, 0.05) is 37.0 Å². The van der Waals surface area contributed by atoms with Crippen molar-refractivity contribution in [1.29, 1.82) is 0 Å². The van der Waals surface area contributed by atoms with E-state index in [1.165, 1.54) is 0 Å². The molecule has 3 aliphatic rings. The summed E-state index contributed by atoms with van der Waals surface area (Å²) in [5, 5.41) is 0. The molecule has 0 amide bonds. The molecule has 0 radical (unpaired) electrons. The van der Waals surface area contributed by atoms with Gasteiger partial charge >= 0.3 is 0 Å². The van der Waals surface area contributed by atoms with E-state index in [1.54, 1.807) is 0 Å². The Balaban J connectivity index is 1.61. The number of rotatable bonds is 2. The summed E-state index contributed by atoms with van der Waals surface area (Å²) in [4.78, 5) is 0. The lowest BCUT2D eigenvalue weighted by Gasteiger charge is -2.42. The summed E-state index contributed by atoms with van der Waals surface area (Å²) in [6, 6.07) is 0. The van der Waals surface area contributed by atoms with Gasteiger partial charge in [0.25, 0.3) is 13.3 Å². The number of hydrogen-bond donors (Lipinski definition) is 0. The summed E-state index contributed by atoms with van der Waals surface area (Å²) in [6.07, 6.45) is 0.961. The first kappa shape index (κ1) is 20.8. The minimum absolute atomic E-state index is 0.0347. The van der Waals surface area contributed by atoms with E-state index >= 15 is 0 Å². The summed E-state index contributed by atoms with van der Waals surface area (Å²) in [6.45, 7) is 9.75. The lowest BCUT2D eigenvalue weighted by Crippen LogP contribution is -2.37. The van der Waals surface area contributed by atoms with Crippen LogP contribution in [0, 0.1) is 10.8 Å². The van der Waals surface area contributed by atoms with Crippen molar-refractivity contribution in [1.82, 2.24) is 9.34 Å². The predicted molar refractivity (Wildman–Crippen MR) is 108 cm³/mol. The molecular weight excluding hydrogens is 398 g/mol. The van der Waals surface area contributed by atoms with E-state index in [0.29, 0.717) is 26.4 Å². The topological polar surface area (TPSA) is 43.4 Å². The van der Waals surface area contributed by atoms with Gasteiger partial charge in [0.2, 0.25) is 0 Å². The molecule has 25 heavy (non-hydrogen) atoms. The minimum Gasteiger partial charge on any atom is -0.317 e. The van der Waals surface area contributed by atoms with Gasteiger partial charge in [0.05, 0.1) is 26.4 Å². The van der Waals surface area contributed by atoms with Crippen LogP contribution in [0.2, 0.25) is 0 Å². The predicted octanol–water partition coefficient (Wildman–Crippen LogP) is 3.59. The lowest BCUT2D eigenvalue weighted by atomic mass is 9.97. The van der Waals surface area contributed by atoms with Crippen LogP contribution in [-0.2, 0) is 41.7 Å². The van der Waals surface area contributed by atoms with Gasteiger partial charge < -0.3 is 18.1 Å². The molecule has 0 unspecified atom stereocenters. The molecule has 0 aromatic carbocycles. The molecule has 10 heteroatoms. The molecule has 3 saturated heterocycles. The Hall–Kier alpha value is 1.06. The Morgan fingerprint density at radius 2 is 0.960 bits per heavy atom. The highest BCUT2D eigenvalue weighted by Crippen LogP contribution is 2.60. The summed E-state index contributed by atoms with van der Waals surface area (Å²) >= 11 is 11.6. The molecule has 6 nitrogen and oxygen atoms in total. The quantitative estimate of drug-likeness (QED) is 0.619. The van der Waals surface area contributed by atoms with Gasteiger partial charge in [0.1, 0.15) is 0 Å². The van der Waals surface area contributed by atoms with E-state index in [4.69, 9.17) is 41.7 Å². The van der Waals surface area contributed by atoms with Crippen molar-refractivity contribution in [3.8, 4) is 0 Å². The van der Waals surface area contributed by atoms with Gasteiger partial charge in [-0.05, 0) is 30.0 Å². The third-order valence-electron chi connectivity index (χ3n) is 4.62. The molecule has 3 fully saturated rings. The Morgan fingerprint density at radius 1 is 0.640 bits per heavy atom. The monoisotopic (exact) mass is 428 g/mol. The zero-order valence-corrected chi connectivity index (χ0v) is 19.0. The SMILES string of the molecule is CC1(C)COP(=S)(N2CCCN(P3(=S)OCC(C)(C)CO3)CC2)OC1. The van der Waals surface area contributed by atoms with Crippen molar-refractivity contribution in [2.45, 2.75) is 34.1 Å². The first-order valence-corrected chi connectivity index (χ1v) is 14.0. The van der Waals surface area contributed by atoms with Crippen LogP contribution in [0.15, 0.2) is 0 Å². The zero-order valence-electron chi connectivity index (χ0n) is 15.6. The number of hydrogen-bond acceptors (Lipinski definition) is 6. The molecular formula is C15H30N2O4P2S2. The third-order valence-corrected chi connectivity index (χ3v) is 11.3. The summed E-state index contributed by atoms with van der Waals surface area (Å²) in [5.41, 5.74) is 0.0694. The Morgan fingerprint density at radius 3 is 1.28 bits per heavy atom. The molecule has 3 rings (SSSR count). The fraction of sp³-hybridized carbons (Fsp3) is 1.00. The van der Waals surface area contributed by atoms with Gasteiger partial charge in [-0.2, -0.15) is 0 Å². The first-order chi connectivity index (χ1) is 11.5. The van der Waals surface area contributed by atoms with Gasteiger partial charge in [-0.1, -0.05) is 27.7 Å². The number of nitrogens with zero attached hydrogens (tertiary/aromatic N) is 2. The van der Waals surface area contributed by atoms with Crippen molar-refractivity contribution < 1.29 is 18.1 Å². The smallest absolute Gasteiger partial charge is 0.264 e. The van der Waals surface area contributed by atoms with Gasteiger partial charge in [-0.25, -0.2) is 9.34 Å². The molecule has 0 N–H and O–H groups in total. The van der Waals surface area contributed by atoms with Crippen molar-refractivity contribution in [3.05, 3.63) is 0 Å².